The van der Waals surface area contributed by atoms with Crippen LogP contribution in [0.5, 0.6) is 5.75 Å². The first kappa shape index (κ1) is 18.5. The third-order valence-corrected chi connectivity index (χ3v) is 3.57. The van der Waals surface area contributed by atoms with Crippen LogP contribution in [0.2, 0.25) is 0 Å². The van der Waals surface area contributed by atoms with Gasteiger partial charge in [0.15, 0.2) is 0 Å². The van der Waals surface area contributed by atoms with Crippen LogP contribution in [0.4, 0.5) is 5.69 Å². The van der Waals surface area contributed by atoms with Crippen molar-refractivity contribution in [1.82, 2.24) is 0 Å². The molecule has 0 atom stereocenters. The molecule has 0 unspecified atom stereocenters. The summed E-state index contributed by atoms with van der Waals surface area (Å²) in [6.45, 7) is 7.73. The molecule has 0 heterocycles. The summed E-state index contributed by atoms with van der Waals surface area (Å²) < 4.78 is 10.6. The molecule has 2 aromatic carbocycles. The molecule has 0 aromatic heterocycles. The number of hydrogen-bond donors (Lipinski definition) is 1. The van der Waals surface area contributed by atoms with Gasteiger partial charge < -0.3 is 14.8 Å². The number of carbonyl (C=O) groups is 2. The first-order valence-electron chi connectivity index (χ1n) is 8.27. The van der Waals surface area contributed by atoms with E-state index in [0.29, 0.717) is 34.7 Å². The summed E-state index contributed by atoms with van der Waals surface area (Å²) in [5, 5.41) is 2.84. The van der Waals surface area contributed by atoms with Crippen LogP contribution >= 0.6 is 0 Å². The van der Waals surface area contributed by atoms with E-state index in [-0.39, 0.29) is 12.0 Å². The third kappa shape index (κ3) is 4.83. The molecule has 2 aromatic rings. The van der Waals surface area contributed by atoms with Crippen LogP contribution in [0.1, 0.15) is 47.1 Å². The van der Waals surface area contributed by atoms with Gasteiger partial charge in [-0.05, 0) is 69.7 Å². The van der Waals surface area contributed by atoms with Crippen molar-refractivity contribution in [2.75, 3.05) is 11.9 Å². The monoisotopic (exact) mass is 341 g/mol. The summed E-state index contributed by atoms with van der Waals surface area (Å²) in [6.07, 6.45) is 0.0768. The van der Waals surface area contributed by atoms with Crippen molar-refractivity contribution in [3.63, 3.8) is 0 Å². The smallest absolute Gasteiger partial charge is 0.338 e. The second-order valence-corrected chi connectivity index (χ2v) is 5.84. The van der Waals surface area contributed by atoms with Gasteiger partial charge in [0.2, 0.25) is 0 Å². The average molecular weight is 341 g/mol. The highest BCUT2D eigenvalue weighted by Gasteiger charge is 2.14. The Hall–Kier alpha value is -2.82. The Kier molecular flexibility index (Phi) is 6.17. The van der Waals surface area contributed by atoms with Crippen molar-refractivity contribution >= 4 is 17.6 Å². The second-order valence-electron chi connectivity index (χ2n) is 5.84. The van der Waals surface area contributed by atoms with Crippen LogP contribution < -0.4 is 10.1 Å². The highest BCUT2D eigenvalue weighted by Crippen LogP contribution is 2.21. The molecule has 25 heavy (non-hydrogen) atoms. The van der Waals surface area contributed by atoms with E-state index >= 15 is 0 Å². The van der Waals surface area contributed by atoms with E-state index in [1.807, 2.05) is 13.8 Å². The molecule has 132 valence electrons. The molecular formula is C20H23NO4. The van der Waals surface area contributed by atoms with E-state index < -0.39 is 5.97 Å². The quantitative estimate of drug-likeness (QED) is 0.799. The van der Waals surface area contributed by atoms with Gasteiger partial charge in [-0.1, -0.05) is 6.07 Å². The number of carbonyl (C=O) groups excluding carboxylic acids is 2. The Bertz CT molecular complexity index is 751. The van der Waals surface area contributed by atoms with E-state index in [9.17, 15) is 9.59 Å². The number of esters is 1. The molecule has 0 fully saturated rings. The fourth-order valence-electron chi connectivity index (χ4n) is 2.35. The first-order valence-corrected chi connectivity index (χ1v) is 8.27. The van der Waals surface area contributed by atoms with Crippen LogP contribution in [-0.4, -0.2) is 24.6 Å². The van der Waals surface area contributed by atoms with E-state index in [4.69, 9.17) is 9.47 Å². The number of rotatable bonds is 6. The lowest BCUT2D eigenvalue weighted by molar-refractivity contribution is 0.0525. The van der Waals surface area contributed by atoms with Gasteiger partial charge in [0.1, 0.15) is 5.75 Å². The maximum atomic E-state index is 12.4. The maximum Gasteiger partial charge on any atom is 0.338 e. The molecule has 2 rings (SSSR count). The minimum Gasteiger partial charge on any atom is -0.491 e. The van der Waals surface area contributed by atoms with Gasteiger partial charge in [-0.15, -0.1) is 0 Å². The predicted molar refractivity (Wildman–Crippen MR) is 97.3 cm³/mol. The van der Waals surface area contributed by atoms with Crippen molar-refractivity contribution in [2.45, 2.75) is 33.8 Å². The Morgan fingerprint density at radius 3 is 2.36 bits per heavy atom. The van der Waals surface area contributed by atoms with Gasteiger partial charge in [-0.2, -0.15) is 0 Å². The lowest BCUT2D eigenvalue weighted by Crippen LogP contribution is -2.15. The molecule has 1 N–H and O–H groups in total. The van der Waals surface area contributed by atoms with Crippen molar-refractivity contribution < 1.29 is 19.1 Å². The average Bonchev–Trinajstić information content (AvgIpc) is 2.57. The Labute approximate surface area is 148 Å². The molecule has 0 spiro atoms. The van der Waals surface area contributed by atoms with Gasteiger partial charge in [-0.25, -0.2) is 4.79 Å². The summed E-state index contributed by atoms with van der Waals surface area (Å²) in [7, 11) is 0. The fraction of sp³-hybridized carbons (Fsp3) is 0.300. The van der Waals surface area contributed by atoms with E-state index in [1.165, 1.54) is 0 Å². The van der Waals surface area contributed by atoms with Crippen LogP contribution in [0.15, 0.2) is 42.5 Å². The molecule has 5 heteroatoms. The molecule has 0 bridgehead atoms. The Morgan fingerprint density at radius 2 is 1.76 bits per heavy atom. The number of hydrogen-bond acceptors (Lipinski definition) is 4. The lowest BCUT2D eigenvalue weighted by atomic mass is 10.1. The van der Waals surface area contributed by atoms with Crippen molar-refractivity contribution in [3.8, 4) is 5.75 Å². The molecule has 0 aliphatic heterocycles. The Morgan fingerprint density at radius 1 is 1.08 bits per heavy atom. The molecule has 5 nitrogen and oxygen atoms in total. The van der Waals surface area contributed by atoms with Crippen LogP contribution in [0, 0.1) is 6.92 Å². The number of ether oxygens (including phenoxy) is 2. The minimum absolute atomic E-state index is 0.0768. The van der Waals surface area contributed by atoms with Crippen LogP contribution in [0.25, 0.3) is 0 Å². The number of benzene rings is 2. The van der Waals surface area contributed by atoms with Gasteiger partial charge in [0.05, 0.1) is 18.3 Å². The van der Waals surface area contributed by atoms with Gasteiger partial charge in [0, 0.05) is 11.3 Å². The number of nitrogens with one attached hydrogen (secondary N) is 1. The molecule has 1 amide bonds. The molecule has 0 aliphatic carbocycles. The van der Waals surface area contributed by atoms with E-state index in [2.05, 4.69) is 5.32 Å². The lowest BCUT2D eigenvalue weighted by Gasteiger charge is -2.13. The number of anilines is 1. The zero-order chi connectivity index (χ0) is 18.4. The predicted octanol–water partition coefficient (Wildman–Crippen LogP) is 4.21. The number of amides is 1. The minimum atomic E-state index is -0.397. The van der Waals surface area contributed by atoms with E-state index in [0.717, 1.165) is 0 Å². The molecule has 0 aliphatic rings. The third-order valence-electron chi connectivity index (χ3n) is 3.57. The van der Waals surface area contributed by atoms with Crippen molar-refractivity contribution in [2.24, 2.45) is 0 Å². The normalized spacial score (nSPS) is 10.4. The second kappa shape index (κ2) is 8.33. The van der Waals surface area contributed by atoms with Crippen molar-refractivity contribution in [1.29, 1.82) is 0 Å². The summed E-state index contributed by atoms with van der Waals surface area (Å²) in [6, 6.07) is 12.1. The maximum absolute atomic E-state index is 12.4. The van der Waals surface area contributed by atoms with Crippen LogP contribution in [0.3, 0.4) is 0 Å². The summed E-state index contributed by atoms with van der Waals surface area (Å²) in [5.41, 5.74) is 2.21. The van der Waals surface area contributed by atoms with E-state index in [1.54, 1.807) is 56.3 Å². The summed E-state index contributed by atoms with van der Waals surface area (Å²) in [5.74, 6) is 0.0681. The van der Waals surface area contributed by atoms with Crippen molar-refractivity contribution in [3.05, 3.63) is 59.2 Å². The summed E-state index contributed by atoms with van der Waals surface area (Å²) in [4.78, 5) is 24.4. The standard InChI is InChI=1S/C20H23NO4/c1-5-24-20(23)17-7-6-8-18(14(17)4)21-19(22)15-9-11-16(12-10-15)25-13(2)3/h6-13H,5H2,1-4H3,(H,21,22). The molecule has 0 saturated heterocycles. The Balaban J connectivity index is 2.15. The molecule has 0 saturated carbocycles. The topological polar surface area (TPSA) is 64.6 Å². The zero-order valence-electron chi connectivity index (χ0n) is 15.0. The van der Waals surface area contributed by atoms with Crippen LogP contribution in [-0.2, 0) is 4.74 Å². The highest BCUT2D eigenvalue weighted by molar-refractivity contribution is 6.05. The molecular weight excluding hydrogens is 318 g/mol. The zero-order valence-corrected chi connectivity index (χ0v) is 15.0. The SMILES string of the molecule is CCOC(=O)c1cccc(NC(=O)c2ccc(OC(C)C)cc2)c1C. The largest absolute Gasteiger partial charge is 0.491 e. The molecule has 0 radical (unpaired) electrons. The van der Waals surface area contributed by atoms with Gasteiger partial charge >= 0.3 is 5.97 Å². The highest BCUT2D eigenvalue weighted by atomic mass is 16.5. The van der Waals surface area contributed by atoms with Gasteiger partial charge in [-0.3, -0.25) is 4.79 Å². The van der Waals surface area contributed by atoms with Gasteiger partial charge in [0.25, 0.3) is 5.91 Å². The fourth-order valence-corrected chi connectivity index (χ4v) is 2.35. The first-order chi connectivity index (χ1) is 11.9. The summed E-state index contributed by atoms with van der Waals surface area (Å²) >= 11 is 0.